The lowest BCUT2D eigenvalue weighted by atomic mass is 10.0. The predicted molar refractivity (Wildman–Crippen MR) is 109 cm³/mol. The number of nitrogens with zero attached hydrogens (tertiary/aromatic N) is 1. The SMILES string of the molecule is O=C(O)C(F)(F)F.c1ccc(C[C@H]2[C@H](OCC3CC3)CCN2Cc2cccs2)cc1. The highest BCUT2D eigenvalue weighted by atomic mass is 32.1. The van der Waals surface area contributed by atoms with Crippen molar-refractivity contribution in [3.63, 3.8) is 0 Å². The number of aliphatic carboxylic acids is 1. The molecule has 1 aliphatic carbocycles. The molecule has 0 radical (unpaired) electrons. The van der Waals surface area contributed by atoms with Gasteiger partial charge in [-0.05, 0) is 48.6 Å². The number of ether oxygens (including phenoxy) is 1. The van der Waals surface area contributed by atoms with Crippen molar-refractivity contribution >= 4 is 17.3 Å². The quantitative estimate of drug-likeness (QED) is 0.658. The van der Waals surface area contributed by atoms with Gasteiger partial charge in [-0.15, -0.1) is 11.3 Å². The van der Waals surface area contributed by atoms with Crippen LogP contribution in [0.15, 0.2) is 47.8 Å². The van der Waals surface area contributed by atoms with E-state index >= 15 is 0 Å². The van der Waals surface area contributed by atoms with Gasteiger partial charge in [0.1, 0.15) is 0 Å². The van der Waals surface area contributed by atoms with E-state index in [0.717, 1.165) is 32.0 Å². The van der Waals surface area contributed by atoms with Crippen LogP contribution in [0.5, 0.6) is 0 Å². The molecule has 0 bridgehead atoms. The smallest absolute Gasteiger partial charge is 0.475 e. The van der Waals surface area contributed by atoms with Crippen molar-refractivity contribution in [2.24, 2.45) is 5.92 Å². The van der Waals surface area contributed by atoms with Gasteiger partial charge in [0, 0.05) is 30.6 Å². The fraction of sp³-hybridized carbons (Fsp3) is 0.500. The molecule has 1 aromatic heterocycles. The second-order valence-electron chi connectivity index (χ2n) is 7.71. The molecule has 8 heteroatoms. The lowest BCUT2D eigenvalue weighted by Crippen LogP contribution is -2.38. The average molecular weight is 442 g/mol. The summed E-state index contributed by atoms with van der Waals surface area (Å²) in [6.07, 6.45) is 0.331. The van der Waals surface area contributed by atoms with Gasteiger partial charge < -0.3 is 9.84 Å². The van der Waals surface area contributed by atoms with Crippen LogP contribution in [0, 0.1) is 5.92 Å². The maximum atomic E-state index is 10.6. The first-order valence-electron chi connectivity index (χ1n) is 10.0. The number of benzene rings is 1. The van der Waals surface area contributed by atoms with Crippen LogP contribution in [-0.4, -0.2) is 47.4 Å². The standard InChI is InChI=1S/C20H25NOS.C2HF3O2/c1-2-5-16(6-3-1)13-19-20(22-15-17-8-9-17)10-11-21(19)14-18-7-4-12-23-18;3-2(4,5)1(6)7/h1-7,12,17,19-20H,8-11,13-15H2;(H,6,7)/t19-,20+;/m0./s1. The van der Waals surface area contributed by atoms with Gasteiger partial charge in [0.25, 0.3) is 0 Å². The second-order valence-corrected chi connectivity index (χ2v) is 8.75. The summed E-state index contributed by atoms with van der Waals surface area (Å²) in [5.74, 6) is -1.91. The summed E-state index contributed by atoms with van der Waals surface area (Å²) in [4.78, 5) is 13.0. The van der Waals surface area contributed by atoms with Crippen LogP contribution in [0.1, 0.15) is 29.7 Å². The van der Waals surface area contributed by atoms with Crippen molar-refractivity contribution in [2.45, 2.75) is 50.6 Å². The minimum atomic E-state index is -5.08. The zero-order valence-corrected chi connectivity index (χ0v) is 17.4. The van der Waals surface area contributed by atoms with Crippen LogP contribution < -0.4 is 0 Å². The molecular weight excluding hydrogens is 415 g/mol. The van der Waals surface area contributed by atoms with Crippen molar-refractivity contribution in [3.8, 4) is 0 Å². The Kier molecular flexibility index (Phi) is 7.91. The van der Waals surface area contributed by atoms with Crippen molar-refractivity contribution in [1.29, 1.82) is 0 Å². The van der Waals surface area contributed by atoms with Crippen molar-refractivity contribution in [2.75, 3.05) is 13.2 Å². The van der Waals surface area contributed by atoms with Crippen LogP contribution in [-0.2, 0) is 22.5 Å². The Morgan fingerprint density at radius 3 is 2.40 bits per heavy atom. The minimum absolute atomic E-state index is 0.399. The van der Waals surface area contributed by atoms with Gasteiger partial charge in [-0.2, -0.15) is 13.2 Å². The molecule has 0 amide bonds. The van der Waals surface area contributed by atoms with Gasteiger partial charge in [0.05, 0.1) is 6.10 Å². The first-order chi connectivity index (χ1) is 14.3. The second kappa shape index (κ2) is 10.4. The molecule has 1 N–H and O–H groups in total. The fourth-order valence-corrected chi connectivity index (χ4v) is 4.27. The Bertz CT molecular complexity index is 779. The molecule has 1 saturated heterocycles. The number of thiophene rings is 1. The highest BCUT2D eigenvalue weighted by Gasteiger charge is 2.38. The van der Waals surface area contributed by atoms with E-state index in [9.17, 15) is 13.2 Å². The van der Waals surface area contributed by atoms with Crippen LogP contribution in [0.3, 0.4) is 0 Å². The van der Waals surface area contributed by atoms with Gasteiger partial charge in [0.2, 0.25) is 0 Å². The molecule has 1 aliphatic heterocycles. The number of carboxylic acid groups (broad SMARTS) is 1. The van der Waals surface area contributed by atoms with Crippen molar-refractivity contribution in [3.05, 3.63) is 58.3 Å². The van der Waals surface area contributed by atoms with Gasteiger partial charge >= 0.3 is 12.1 Å². The fourth-order valence-electron chi connectivity index (χ4n) is 3.54. The first kappa shape index (κ1) is 22.8. The molecule has 4 nitrogen and oxygen atoms in total. The third kappa shape index (κ3) is 7.11. The van der Waals surface area contributed by atoms with E-state index in [1.807, 2.05) is 11.3 Å². The Morgan fingerprint density at radius 1 is 1.13 bits per heavy atom. The molecule has 0 unspecified atom stereocenters. The van der Waals surface area contributed by atoms with Crippen LogP contribution in [0.25, 0.3) is 0 Å². The molecule has 2 fully saturated rings. The predicted octanol–water partition coefficient (Wildman–Crippen LogP) is 4.99. The lowest BCUT2D eigenvalue weighted by molar-refractivity contribution is -0.192. The normalized spacial score (nSPS) is 21.8. The maximum Gasteiger partial charge on any atom is 0.490 e. The van der Waals surface area contributed by atoms with Crippen LogP contribution in [0.4, 0.5) is 13.2 Å². The maximum absolute atomic E-state index is 10.6. The monoisotopic (exact) mass is 441 g/mol. The minimum Gasteiger partial charge on any atom is -0.475 e. The molecule has 30 heavy (non-hydrogen) atoms. The number of rotatable bonds is 7. The third-order valence-electron chi connectivity index (χ3n) is 5.31. The first-order valence-corrected chi connectivity index (χ1v) is 10.9. The molecular formula is C22H26F3NO3S. The van der Waals surface area contributed by atoms with E-state index in [4.69, 9.17) is 14.6 Å². The number of carbonyl (C=O) groups is 1. The molecule has 164 valence electrons. The Labute approximate surface area is 178 Å². The largest absolute Gasteiger partial charge is 0.490 e. The van der Waals surface area contributed by atoms with Gasteiger partial charge in [-0.1, -0.05) is 36.4 Å². The highest BCUT2D eigenvalue weighted by Crippen LogP contribution is 2.32. The third-order valence-corrected chi connectivity index (χ3v) is 6.17. The Morgan fingerprint density at radius 2 is 1.83 bits per heavy atom. The summed E-state index contributed by atoms with van der Waals surface area (Å²) in [5.41, 5.74) is 1.43. The molecule has 0 spiro atoms. The van der Waals surface area contributed by atoms with E-state index in [-0.39, 0.29) is 0 Å². The zero-order valence-electron chi connectivity index (χ0n) is 16.6. The van der Waals surface area contributed by atoms with Crippen LogP contribution >= 0.6 is 11.3 Å². The summed E-state index contributed by atoms with van der Waals surface area (Å²) in [5, 5.41) is 9.30. The number of halogens is 3. The molecule has 2 atom stereocenters. The number of hydrogen-bond donors (Lipinski definition) is 1. The number of carboxylic acids is 1. The molecule has 4 rings (SSSR count). The molecule has 2 heterocycles. The Hall–Kier alpha value is -1.90. The summed E-state index contributed by atoms with van der Waals surface area (Å²) >= 11 is 1.87. The summed E-state index contributed by atoms with van der Waals surface area (Å²) in [7, 11) is 0. The number of likely N-dealkylation sites (tertiary alicyclic amines) is 1. The van der Waals surface area contributed by atoms with E-state index in [1.165, 1.54) is 29.7 Å². The van der Waals surface area contributed by atoms with Crippen LogP contribution in [0.2, 0.25) is 0 Å². The average Bonchev–Trinajstić information content (AvgIpc) is 3.26. The van der Waals surface area contributed by atoms with E-state index in [1.54, 1.807) is 0 Å². The summed E-state index contributed by atoms with van der Waals surface area (Å²) in [6, 6.07) is 15.8. The number of alkyl halides is 3. The molecule has 1 aromatic carbocycles. The number of hydrogen-bond acceptors (Lipinski definition) is 4. The molecule has 2 aliphatic rings. The Balaban J connectivity index is 0.000000318. The molecule has 2 aromatic rings. The zero-order chi connectivity index (χ0) is 21.6. The lowest BCUT2D eigenvalue weighted by Gasteiger charge is -2.28. The van der Waals surface area contributed by atoms with E-state index in [2.05, 4.69) is 52.7 Å². The summed E-state index contributed by atoms with van der Waals surface area (Å²) < 4.78 is 38.1. The highest BCUT2D eigenvalue weighted by molar-refractivity contribution is 7.09. The van der Waals surface area contributed by atoms with Gasteiger partial charge in [-0.3, -0.25) is 4.90 Å². The van der Waals surface area contributed by atoms with Crippen molar-refractivity contribution in [1.82, 2.24) is 4.90 Å². The van der Waals surface area contributed by atoms with E-state index in [0.29, 0.717) is 12.1 Å². The van der Waals surface area contributed by atoms with Gasteiger partial charge in [-0.25, -0.2) is 4.79 Å². The van der Waals surface area contributed by atoms with Gasteiger partial charge in [0.15, 0.2) is 0 Å². The molecule has 1 saturated carbocycles. The van der Waals surface area contributed by atoms with Crippen molar-refractivity contribution < 1.29 is 27.8 Å². The van der Waals surface area contributed by atoms with E-state index < -0.39 is 12.1 Å². The summed E-state index contributed by atoms with van der Waals surface area (Å²) in [6.45, 7) is 3.20. The topological polar surface area (TPSA) is 49.8 Å².